The van der Waals surface area contributed by atoms with Gasteiger partial charge in [-0.1, -0.05) is 6.07 Å². The summed E-state index contributed by atoms with van der Waals surface area (Å²) in [4.78, 5) is 20.5. The molecule has 0 aliphatic heterocycles. The van der Waals surface area contributed by atoms with Gasteiger partial charge in [0.25, 0.3) is 5.78 Å². The lowest BCUT2D eigenvalue weighted by molar-refractivity contribution is -0.137. The molecule has 2 heterocycles. The smallest absolute Gasteiger partial charge is 0.416 e. The van der Waals surface area contributed by atoms with E-state index in [9.17, 15) is 18.0 Å². The van der Waals surface area contributed by atoms with Crippen LogP contribution >= 0.6 is 0 Å². The Morgan fingerprint density at radius 2 is 2.07 bits per heavy atom. The number of rotatable bonds is 7. The number of carbonyl (C=O) groups is 1. The van der Waals surface area contributed by atoms with E-state index >= 15 is 0 Å². The Balaban J connectivity index is 1.47. The minimum Gasteiger partial charge on any atom is -0.492 e. The van der Waals surface area contributed by atoms with Crippen molar-refractivity contribution in [3.8, 4) is 5.75 Å². The first-order valence-electron chi connectivity index (χ1n) is 8.98. The predicted octanol–water partition coefficient (Wildman–Crippen LogP) is 2.89. The molecule has 3 rings (SSSR count). The van der Waals surface area contributed by atoms with Crippen LogP contribution in [0.4, 0.5) is 13.2 Å². The van der Waals surface area contributed by atoms with Gasteiger partial charge in [0.05, 0.1) is 12.1 Å². The lowest BCUT2D eigenvalue weighted by Gasteiger charge is -2.12. The maximum atomic E-state index is 12.7. The Bertz CT molecular complexity index is 1020. The van der Waals surface area contributed by atoms with Gasteiger partial charge in [-0.3, -0.25) is 4.79 Å². The van der Waals surface area contributed by atoms with Gasteiger partial charge in [0.1, 0.15) is 18.7 Å². The number of nitrogens with zero attached hydrogens (tertiary/aromatic N) is 4. The number of alkyl halides is 3. The molecule has 7 nitrogen and oxygen atoms in total. The largest absolute Gasteiger partial charge is 0.492 e. The van der Waals surface area contributed by atoms with Gasteiger partial charge in [0.2, 0.25) is 5.91 Å². The topological polar surface area (TPSA) is 81.4 Å². The van der Waals surface area contributed by atoms with Crippen LogP contribution in [-0.2, 0) is 17.4 Å². The summed E-state index contributed by atoms with van der Waals surface area (Å²) < 4.78 is 45.0. The first-order chi connectivity index (χ1) is 13.8. The second-order valence-electron chi connectivity index (χ2n) is 6.46. The Morgan fingerprint density at radius 1 is 1.28 bits per heavy atom. The quantitative estimate of drug-likeness (QED) is 0.609. The molecule has 0 saturated heterocycles. The molecule has 29 heavy (non-hydrogen) atoms. The molecule has 0 aliphatic carbocycles. The van der Waals surface area contributed by atoms with E-state index in [1.165, 1.54) is 18.5 Å². The van der Waals surface area contributed by atoms with E-state index in [2.05, 4.69) is 20.4 Å². The summed E-state index contributed by atoms with van der Waals surface area (Å²) in [5, 5.41) is 6.81. The number of hydrogen-bond donors (Lipinski definition) is 1. The molecule has 0 unspecified atom stereocenters. The number of ether oxygens (including phenoxy) is 1. The summed E-state index contributed by atoms with van der Waals surface area (Å²) in [6, 6.07) is 4.63. The van der Waals surface area contributed by atoms with E-state index < -0.39 is 11.7 Å². The average molecular weight is 407 g/mol. The molecule has 0 aliphatic rings. The van der Waals surface area contributed by atoms with Gasteiger partial charge < -0.3 is 10.1 Å². The van der Waals surface area contributed by atoms with Crippen LogP contribution in [-0.4, -0.2) is 38.6 Å². The van der Waals surface area contributed by atoms with Gasteiger partial charge in [-0.25, -0.2) is 9.50 Å². The van der Waals surface area contributed by atoms with Crippen molar-refractivity contribution in [3.63, 3.8) is 0 Å². The Kier molecular flexibility index (Phi) is 6.00. The third-order valence-electron chi connectivity index (χ3n) is 4.45. The van der Waals surface area contributed by atoms with Crippen LogP contribution in [0, 0.1) is 13.8 Å². The van der Waals surface area contributed by atoms with Crippen LogP contribution in [0.2, 0.25) is 0 Å². The molecule has 1 amide bonds. The molecule has 3 aromatic rings. The van der Waals surface area contributed by atoms with Gasteiger partial charge in [-0.2, -0.15) is 23.3 Å². The minimum absolute atomic E-state index is 0.0670. The van der Waals surface area contributed by atoms with Crippen LogP contribution in [0.3, 0.4) is 0 Å². The van der Waals surface area contributed by atoms with Crippen LogP contribution in [0.25, 0.3) is 5.78 Å². The van der Waals surface area contributed by atoms with E-state index in [1.54, 1.807) is 4.52 Å². The number of carbonyl (C=O) groups excluding carboxylic acids is 1. The fourth-order valence-corrected chi connectivity index (χ4v) is 2.97. The van der Waals surface area contributed by atoms with Crippen LogP contribution in [0.15, 0.2) is 30.6 Å². The molecule has 2 aromatic heterocycles. The molecule has 1 aromatic carbocycles. The van der Waals surface area contributed by atoms with E-state index in [4.69, 9.17) is 4.74 Å². The lowest BCUT2D eigenvalue weighted by atomic mass is 10.1. The maximum absolute atomic E-state index is 12.7. The number of fused-ring (bicyclic) bond motifs is 1. The number of benzene rings is 1. The third-order valence-corrected chi connectivity index (χ3v) is 4.45. The van der Waals surface area contributed by atoms with Crippen LogP contribution in [0.1, 0.15) is 28.9 Å². The van der Waals surface area contributed by atoms with Gasteiger partial charge in [-0.15, -0.1) is 0 Å². The maximum Gasteiger partial charge on any atom is 0.416 e. The highest BCUT2D eigenvalue weighted by Crippen LogP contribution is 2.31. The van der Waals surface area contributed by atoms with E-state index in [0.29, 0.717) is 12.2 Å². The summed E-state index contributed by atoms with van der Waals surface area (Å²) in [7, 11) is 0. The van der Waals surface area contributed by atoms with Crippen LogP contribution < -0.4 is 10.1 Å². The highest BCUT2D eigenvalue weighted by molar-refractivity contribution is 5.76. The third kappa shape index (κ3) is 5.01. The zero-order valence-electron chi connectivity index (χ0n) is 16.0. The van der Waals surface area contributed by atoms with E-state index in [0.717, 1.165) is 29.1 Å². The molecule has 0 fully saturated rings. The van der Waals surface area contributed by atoms with E-state index in [1.807, 2.05) is 13.8 Å². The van der Waals surface area contributed by atoms with Crippen molar-refractivity contribution in [2.24, 2.45) is 0 Å². The fourth-order valence-electron chi connectivity index (χ4n) is 2.97. The first kappa shape index (κ1) is 20.6. The first-order valence-corrected chi connectivity index (χ1v) is 8.98. The van der Waals surface area contributed by atoms with Crippen molar-refractivity contribution < 1.29 is 22.7 Å². The summed E-state index contributed by atoms with van der Waals surface area (Å²) in [6.45, 7) is 4.01. The molecule has 0 saturated carbocycles. The number of aryl methyl sites for hydroxylation is 2. The van der Waals surface area contributed by atoms with Gasteiger partial charge in [0, 0.05) is 17.8 Å². The molecular weight excluding hydrogens is 387 g/mol. The van der Waals surface area contributed by atoms with Crippen molar-refractivity contribution in [2.45, 2.75) is 32.9 Å². The van der Waals surface area contributed by atoms with Crippen molar-refractivity contribution in [3.05, 3.63) is 53.1 Å². The van der Waals surface area contributed by atoms with Crippen molar-refractivity contribution in [2.75, 3.05) is 13.2 Å². The molecule has 10 heteroatoms. The molecule has 0 bridgehead atoms. The normalized spacial score (nSPS) is 11.6. The van der Waals surface area contributed by atoms with Crippen LogP contribution in [0.5, 0.6) is 5.75 Å². The van der Waals surface area contributed by atoms with Gasteiger partial charge in [0.15, 0.2) is 0 Å². The highest BCUT2D eigenvalue weighted by Gasteiger charge is 2.30. The second kappa shape index (κ2) is 8.46. The zero-order valence-corrected chi connectivity index (χ0v) is 16.0. The second-order valence-corrected chi connectivity index (χ2v) is 6.46. The molecule has 0 spiro atoms. The summed E-state index contributed by atoms with van der Waals surface area (Å²) in [5.74, 6) is 0.433. The number of nitrogens with one attached hydrogen (secondary N) is 1. The van der Waals surface area contributed by atoms with Gasteiger partial charge in [-0.05, 0) is 44.0 Å². The average Bonchev–Trinajstić information content (AvgIpc) is 3.13. The fraction of sp³-hybridized carbons (Fsp3) is 0.368. The molecule has 0 atom stereocenters. The number of aromatic nitrogens is 4. The Hall–Kier alpha value is -3.17. The molecule has 1 N–H and O–H groups in total. The van der Waals surface area contributed by atoms with E-state index in [-0.39, 0.29) is 31.2 Å². The Morgan fingerprint density at radius 3 is 2.83 bits per heavy atom. The summed E-state index contributed by atoms with van der Waals surface area (Å²) in [5.41, 5.74) is 1.83. The minimum atomic E-state index is -4.42. The van der Waals surface area contributed by atoms with Gasteiger partial charge >= 0.3 is 6.18 Å². The predicted molar refractivity (Wildman–Crippen MR) is 98.5 cm³/mol. The molecule has 154 valence electrons. The molecule has 0 radical (unpaired) electrons. The summed E-state index contributed by atoms with van der Waals surface area (Å²) >= 11 is 0. The summed E-state index contributed by atoms with van der Waals surface area (Å²) in [6.07, 6.45) is -2.27. The standard InChI is InChI=1S/C19H20F3N5O2/c1-12-16(13(2)27-18(26-12)24-11-25-27)6-7-17(28)23-8-9-29-15-5-3-4-14(10-15)19(20,21)22/h3-5,10-11H,6-9H2,1-2H3,(H,23,28). The SMILES string of the molecule is Cc1nc2ncnn2c(C)c1CCC(=O)NCCOc1cccc(C(F)(F)F)c1. The van der Waals surface area contributed by atoms with Crippen molar-refractivity contribution in [1.82, 2.24) is 24.9 Å². The van der Waals surface area contributed by atoms with Crippen molar-refractivity contribution >= 4 is 11.7 Å². The number of hydrogen-bond acceptors (Lipinski definition) is 5. The Labute approximate surface area is 164 Å². The van der Waals surface area contributed by atoms with Crippen molar-refractivity contribution in [1.29, 1.82) is 0 Å². The highest BCUT2D eigenvalue weighted by atomic mass is 19.4. The number of halogens is 3. The lowest BCUT2D eigenvalue weighted by Crippen LogP contribution is -2.28. The monoisotopic (exact) mass is 407 g/mol. The molecular formula is C19H20F3N5O2. The zero-order chi connectivity index (χ0) is 21.0. The number of amides is 1.